The highest BCUT2D eigenvalue weighted by Crippen LogP contribution is 2.46. The fourth-order valence-corrected chi connectivity index (χ4v) is 8.28. The lowest BCUT2D eigenvalue weighted by molar-refractivity contribution is 0.567. The van der Waals surface area contributed by atoms with Gasteiger partial charge in [0, 0.05) is 16.5 Å². The third-order valence-electron chi connectivity index (χ3n) is 12.3. The minimum Gasteiger partial charge on any atom is -0.309 e. The van der Waals surface area contributed by atoms with Gasteiger partial charge in [-0.15, -0.1) is 0 Å². The molecular weight excluding hydrogens is 687 g/mol. The standard InChI is InChI=1S/C56H73N/c1-20-44-45(35-26-37(51(2,3)4)30-38(27-35)52(5,6)7)24-25-48-49(44)50-46(36-28-39(53(8,9)10)31-40(29-36)54(11,12)13)22-21-23-47(50)57(48)43-33-41(55(14,15)16)32-42(34-43)56(17,18)19/h21-34H,20H2,1-19H3. The molecule has 1 aromatic heterocycles. The number of aryl methyl sites for hydroxylation is 1. The summed E-state index contributed by atoms with van der Waals surface area (Å²) in [5.74, 6) is 0. The zero-order chi connectivity index (χ0) is 42.4. The third kappa shape index (κ3) is 8.28. The van der Waals surface area contributed by atoms with Crippen molar-refractivity contribution in [2.45, 2.75) is 170 Å². The molecule has 0 aliphatic heterocycles. The third-order valence-corrected chi connectivity index (χ3v) is 12.3. The molecule has 302 valence electrons. The number of hydrogen-bond acceptors (Lipinski definition) is 0. The molecule has 0 unspecified atom stereocenters. The fraction of sp³-hybridized carbons (Fsp3) is 0.464. The van der Waals surface area contributed by atoms with Crippen molar-refractivity contribution in [1.82, 2.24) is 4.57 Å². The van der Waals surface area contributed by atoms with E-state index in [1.807, 2.05) is 0 Å². The molecule has 0 aliphatic carbocycles. The van der Waals surface area contributed by atoms with Crippen LogP contribution >= 0.6 is 0 Å². The summed E-state index contributed by atoms with van der Waals surface area (Å²) in [6.07, 6.45) is 0.926. The molecule has 1 nitrogen and oxygen atoms in total. The Morgan fingerprint density at radius 3 is 1.09 bits per heavy atom. The van der Waals surface area contributed by atoms with Crippen molar-refractivity contribution in [3.8, 4) is 27.9 Å². The highest BCUT2D eigenvalue weighted by molar-refractivity contribution is 6.18. The van der Waals surface area contributed by atoms with E-state index in [1.54, 1.807) is 0 Å². The molecule has 0 aliphatic rings. The Kier molecular flexibility index (Phi) is 10.5. The maximum absolute atomic E-state index is 2.59. The molecular formula is C56H73N. The summed E-state index contributed by atoms with van der Waals surface area (Å²) in [6, 6.07) is 34.1. The van der Waals surface area contributed by atoms with Crippen LogP contribution in [0.25, 0.3) is 49.7 Å². The van der Waals surface area contributed by atoms with Gasteiger partial charge in [-0.25, -0.2) is 0 Å². The SMILES string of the molecule is CCc1c(-c2cc(C(C)(C)C)cc(C(C)(C)C)c2)ccc2c1c1c(-c3cc(C(C)(C)C)cc(C(C)(C)C)c3)cccc1n2-c1cc(C(C)(C)C)cc(C(C)(C)C)c1. The number of fused-ring (bicyclic) bond motifs is 3. The Hall–Kier alpha value is -4.10. The first kappa shape index (κ1) is 42.5. The van der Waals surface area contributed by atoms with Gasteiger partial charge in [-0.3, -0.25) is 0 Å². The Balaban J connectivity index is 1.85. The number of hydrogen-bond donors (Lipinski definition) is 0. The molecule has 0 amide bonds. The van der Waals surface area contributed by atoms with E-state index in [1.165, 1.54) is 88.7 Å². The summed E-state index contributed by atoms with van der Waals surface area (Å²) in [7, 11) is 0. The molecule has 0 N–H and O–H groups in total. The molecule has 0 bridgehead atoms. The Morgan fingerprint density at radius 1 is 0.368 bits per heavy atom. The molecule has 0 atom stereocenters. The second kappa shape index (κ2) is 14.0. The molecule has 1 heterocycles. The molecule has 0 saturated carbocycles. The molecule has 0 spiro atoms. The summed E-state index contributed by atoms with van der Waals surface area (Å²) >= 11 is 0. The van der Waals surface area contributed by atoms with Gasteiger partial charge < -0.3 is 4.57 Å². The van der Waals surface area contributed by atoms with E-state index in [0.717, 1.165) is 6.42 Å². The second-order valence-corrected chi connectivity index (χ2v) is 23.2. The minimum absolute atomic E-state index is 0.00125. The van der Waals surface area contributed by atoms with E-state index in [-0.39, 0.29) is 32.5 Å². The van der Waals surface area contributed by atoms with Crippen LogP contribution in [0.2, 0.25) is 0 Å². The summed E-state index contributed by atoms with van der Waals surface area (Å²) < 4.78 is 2.59. The lowest BCUT2D eigenvalue weighted by Gasteiger charge is -2.27. The smallest absolute Gasteiger partial charge is 0.0547 e. The maximum Gasteiger partial charge on any atom is 0.0547 e. The van der Waals surface area contributed by atoms with Crippen LogP contribution in [0.5, 0.6) is 0 Å². The van der Waals surface area contributed by atoms with Crippen LogP contribution in [0.15, 0.2) is 84.9 Å². The minimum atomic E-state index is 0.00125. The van der Waals surface area contributed by atoms with Gasteiger partial charge in [-0.05, 0) is 124 Å². The number of nitrogens with zero attached hydrogens (tertiary/aromatic N) is 1. The van der Waals surface area contributed by atoms with Gasteiger partial charge in [-0.2, -0.15) is 0 Å². The highest BCUT2D eigenvalue weighted by atomic mass is 15.0. The predicted molar refractivity (Wildman–Crippen MR) is 253 cm³/mol. The monoisotopic (exact) mass is 760 g/mol. The summed E-state index contributed by atoms with van der Waals surface area (Å²) in [5.41, 5.74) is 18.8. The van der Waals surface area contributed by atoms with Gasteiger partial charge in [0.1, 0.15) is 0 Å². The van der Waals surface area contributed by atoms with E-state index in [2.05, 4.69) is 221 Å². The average Bonchev–Trinajstić information content (AvgIpc) is 3.43. The van der Waals surface area contributed by atoms with Gasteiger partial charge in [0.15, 0.2) is 0 Å². The van der Waals surface area contributed by atoms with E-state index in [0.29, 0.717) is 0 Å². The molecule has 6 aromatic rings. The van der Waals surface area contributed by atoms with Crippen LogP contribution in [0, 0.1) is 0 Å². The predicted octanol–water partition coefficient (Wildman–Crippen LogP) is 16.5. The number of aromatic nitrogens is 1. The second-order valence-electron chi connectivity index (χ2n) is 23.2. The van der Waals surface area contributed by atoms with E-state index in [9.17, 15) is 0 Å². The van der Waals surface area contributed by atoms with Gasteiger partial charge in [-0.1, -0.05) is 192 Å². The van der Waals surface area contributed by atoms with Crippen molar-refractivity contribution in [2.75, 3.05) is 0 Å². The first-order valence-electron chi connectivity index (χ1n) is 21.6. The number of rotatable bonds is 4. The molecule has 0 fully saturated rings. The van der Waals surface area contributed by atoms with E-state index in [4.69, 9.17) is 0 Å². The van der Waals surface area contributed by atoms with Crippen LogP contribution in [-0.4, -0.2) is 4.57 Å². The zero-order valence-electron chi connectivity index (χ0n) is 39.2. The van der Waals surface area contributed by atoms with Crippen LogP contribution < -0.4 is 0 Å². The summed E-state index contributed by atoms with van der Waals surface area (Å²) in [4.78, 5) is 0. The van der Waals surface area contributed by atoms with Crippen LogP contribution in [0.4, 0.5) is 0 Å². The molecule has 0 saturated heterocycles. The van der Waals surface area contributed by atoms with E-state index < -0.39 is 0 Å². The summed E-state index contributed by atoms with van der Waals surface area (Å²) in [5, 5.41) is 2.72. The van der Waals surface area contributed by atoms with Gasteiger partial charge in [0.25, 0.3) is 0 Å². The lowest BCUT2D eigenvalue weighted by atomic mass is 9.78. The molecule has 1 heteroatoms. The van der Waals surface area contributed by atoms with Crippen molar-refractivity contribution >= 4 is 21.8 Å². The highest BCUT2D eigenvalue weighted by Gasteiger charge is 2.28. The Labute approximate surface area is 347 Å². The molecule has 0 radical (unpaired) electrons. The van der Waals surface area contributed by atoms with Gasteiger partial charge in [0.05, 0.1) is 11.0 Å². The fourth-order valence-electron chi connectivity index (χ4n) is 8.28. The van der Waals surface area contributed by atoms with Crippen molar-refractivity contribution in [3.05, 3.63) is 124 Å². The Morgan fingerprint density at radius 2 is 0.719 bits per heavy atom. The molecule has 57 heavy (non-hydrogen) atoms. The van der Waals surface area contributed by atoms with Gasteiger partial charge in [0.2, 0.25) is 0 Å². The lowest BCUT2D eigenvalue weighted by Crippen LogP contribution is -2.17. The van der Waals surface area contributed by atoms with Crippen molar-refractivity contribution in [3.63, 3.8) is 0 Å². The molecule has 6 rings (SSSR count). The Bertz CT molecular complexity index is 2370. The number of benzene rings is 5. The molecule has 5 aromatic carbocycles. The van der Waals surface area contributed by atoms with Crippen LogP contribution in [0.1, 0.15) is 170 Å². The topological polar surface area (TPSA) is 4.93 Å². The largest absolute Gasteiger partial charge is 0.309 e. The normalized spacial score (nSPS) is 13.6. The van der Waals surface area contributed by atoms with Crippen molar-refractivity contribution in [2.24, 2.45) is 0 Å². The first-order valence-corrected chi connectivity index (χ1v) is 21.6. The first-order chi connectivity index (χ1) is 26.0. The maximum atomic E-state index is 2.59. The quantitative estimate of drug-likeness (QED) is 0.169. The van der Waals surface area contributed by atoms with Crippen molar-refractivity contribution in [1.29, 1.82) is 0 Å². The average molecular weight is 760 g/mol. The van der Waals surface area contributed by atoms with Crippen molar-refractivity contribution < 1.29 is 0 Å². The zero-order valence-corrected chi connectivity index (χ0v) is 39.2. The van der Waals surface area contributed by atoms with Gasteiger partial charge >= 0.3 is 0 Å². The van der Waals surface area contributed by atoms with Crippen LogP contribution in [0.3, 0.4) is 0 Å². The van der Waals surface area contributed by atoms with Crippen LogP contribution in [-0.2, 0) is 38.9 Å². The van der Waals surface area contributed by atoms with E-state index >= 15 is 0 Å². The summed E-state index contributed by atoms with van der Waals surface area (Å²) in [6.45, 7) is 44.6.